The summed E-state index contributed by atoms with van der Waals surface area (Å²) in [6, 6.07) is 11.0. The first-order valence-corrected chi connectivity index (χ1v) is 9.33. The highest BCUT2D eigenvalue weighted by atomic mass is 15.2. The summed E-state index contributed by atoms with van der Waals surface area (Å²) in [6.45, 7) is 6.77. The largest absolute Gasteiger partial charge is 0.356 e. The molecular weight excluding hydrogens is 306 g/mol. The van der Waals surface area contributed by atoms with E-state index >= 15 is 0 Å². The number of benzene rings is 1. The van der Waals surface area contributed by atoms with E-state index in [1.165, 1.54) is 40.3 Å². The average molecular weight is 331 g/mol. The van der Waals surface area contributed by atoms with Crippen molar-refractivity contribution in [2.45, 2.75) is 33.1 Å². The number of rotatable bonds is 3. The molecule has 1 atom stereocenters. The molecular formula is C22H25N3. The lowest BCUT2D eigenvalue weighted by molar-refractivity contribution is 0.445. The molecule has 1 aromatic carbocycles. The van der Waals surface area contributed by atoms with Gasteiger partial charge in [-0.2, -0.15) is 0 Å². The predicted molar refractivity (Wildman–Crippen MR) is 105 cm³/mol. The van der Waals surface area contributed by atoms with Gasteiger partial charge in [0.2, 0.25) is 0 Å². The van der Waals surface area contributed by atoms with Crippen molar-refractivity contribution in [3.05, 3.63) is 54.5 Å². The number of aromatic nitrogens is 2. The average Bonchev–Trinajstić information content (AvgIpc) is 2.67. The number of fused-ring (bicyclic) bond motifs is 1. The Bertz CT molecular complexity index is 873. The number of nitrogens with zero attached hydrogens (tertiary/aromatic N) is 3. The number of hydrogen-bond donors (Lipinski definition) is 0. The zero-order valence-corrected chi connectivity index (χ0v) is 15.1. The summed E-state index contributed by atoms with van der Waals surface area (Å²) in [4.78, 5) is 11.5. The van der Waals surface area contributed by atoms with Crippen LogP contribution < -0.4 is 4.90 Å². The molecule has 0 bridgehead atoms. The predicted octanol–water partition coefficient (Wildman–Crippen LogP) is 5.10. The van der Waals surface area contributed by atoms with Gasteiger partial charge < -0.3 is 4.90 Å². The molecule has 0 aliphatic carbocycles. The van der Waals surface area contributed by atoms with Crippen LogP contribution in [0.2, 0.25) is 0 Å². The van der Waals surface area contributed by atoms with E-state index in [0.717, 1.165) is 31.2 Å². The van der Waals surface area contributed by atoms with Crippen LogP contribution in [0.5, 0.6) is 0 Å². The molecule has 3 heterocycles. The first-order chi connectivity index (χ1) is 12.3. The van der Waals surface area contributed by atoms with E-state index in [1.54, 1.807) is 0 Å². The molecule has 3 nitrogen and oxygen atoms in total. The minimum absolute atomic E-state index is 0.736. The van der Waals surface area contributed by atoms with Gasteiger partial charge in [0, 0.05) is 42.6 Å². The van der Waals surface area contributed by atoms with Crippen molar-refractivity contribution in [2.75, 3.05) is 18.0 Å². The summed E-state index contributed by atoms with van der Waals surface area (Å²) in [7, 11) is 0. The first-order valence-electron chi connectivity index (χ1n) is 9.33. The van der Waals surface area contributed by atoms with E-state index in [9.17, 15) is 0 Å². The number of anilines is 1. The molecule has 1 fully saturated rings. The molecule has 0 saturated carbocycles. The van der Waals surface area contributed by atoms with Crippen LogP contribution in [0, 0.1) is 5.92 Å². The maximum Gasteiger partial charge on any atom is 0.136 e. The van der Waals surface area contributed by atoms with Crippen molar-refractivity contribution in [2.24, 2.45) is 5.92 Å². The fourth-order valence-electron chi connectivity index (χ4n) is 3.89. The second-order valence-electron chi connectivity index (χ2n) is 7.16. The topological polar surface area (TPSA) is 29.0 Å². The highest BCUT2D eigenvalue weighted by Crippen LogP contribution is 2.35. The molecule has 1 saturated heterocycles. The van der Waals surface area contributed by atoms with E-state index in [4.69, 9.17) is 4.98 Å². The Kier molecular flexibility index (Phi) is 4.39. The van der Waals surface area contributed by atoms with Crippen LogP contribution in [-0.4, -0.2) is 23.1 Å². The van der Waals surface area contributed by atoms with E-state index in [1.807, 2.05) is 18.6 Å². The second-order valence-corrected chi connectivity index (χ2v) is 7.16. The molecule has 1 aliphatic heterocycles. The van der Waals surface area contributed by atoms with Crippen LogP contribution in [0.15, 0.2) is 48.9 Å². The standard InChI is InChI=1S/C22H25N3/c1-3-17-6-7-19-20(13-17)22(25-12-4-5-16(2)15-25)24-14-21(19)18-8-10-23-11-9-18/h6-11,13-14,16H,3-5,12,15H2,1-2H3. The molecule has 1 aliphatic rings. The Hall–Kier alpha value is -2.42. The van der Waals surface area contributed by atoms with Crippen LogP contribution in [0.1, 0.15) is 32.3 Å². The zero-order chi connectivity index (χ0) is 17.2. The summed E-state index contributed by atoms with van der Waals surface area (Å²) < 4.78 is 0. The van der Waals surface area contributed by atoms with E-state index in [2.05, 4.69) is 54.1 Å². The maximum absolute atomic E-state index is 4.92. The third kappa shape index (κ3) is 3.11. The van der Waals surface area contributed by atoms with Gasteiger partial charge in [0.15, 0.2) is 0 Å². The minimum Gasteiger partial charge on any atom is -0.356 e. The fraction of sp³-hybridized carbons (Fsp3) is 0.364. The summed E-state index contributed by atoms with van der Waals surface area (Å²) >= 11 is 0. The second kappa shape index (κ2) is 6.83. The summed E-state index contributed by atoms with van der Waals surface area (Å²) in [5.74, 6) is 1.88. The first kappa shape index (κ1) is 16.1. The number of piperidine rings is 1. The van der Waals surface area contributed by atoms with Crippen molar-refractivity contribution >= 4 is 16.6 Å². The van der Waals surface area contributed by atoms with Crippen LogP contribution in [0.3, 0.4) is 0 Å². The third-order valence-corrected chi connectivity index (χ3v) is 5.29. The van der Waals surface area contributed by atoms with Crippen LogP contribution in [-0.2, 0) is 6.42 Å². The molecule has 25 heavy (non-hydrogen) atoms. The molecule has 3 aromatic rings. The van der Waals surface area contributed by atoms with Crippen molar-refractivity contribution in [3.63, 3.8) is 0 Å². The van der Waals surface area contributed by atoms with Crippen molar-refractivity contribution in [3.8, 4) is 11.1 Å². The molecule has 0 radical (unpaired) electrons. The lowest BCUT2D eigenvalue weighted by Gasteiger charge is -2.33. The monoisotopic (exact) mass is 331 g/mol. The molecule has 2 aromatic heterocycles. The van der Waals surface area contributed by atoms with Gasteiger partial charge >= 0.3 is 0 Å². The number of aryl methyl sites for hydroxylation is 1. The Morgan fingerprint density at radius 2 is 1.96 bits per heavy atom. The molecule has 0 N–H and O–H groups in total. The third-order valence-electron chi connectivity index (χ3n) is 5.29. The Morgan fingerprint density at radius 1 is 1.12 bits per heavy atom. The molecule has 1 unspecified atom stereocenters. The van der Waals surface area contributed by atoms with Gasteiger partial charge in [0.05, 0.1) is 0 Å². The van der Waals surface area contributed by atoms with Crippen LogP contribution in [0.4, 0.5) is 5.82 Å². The summed E-state index contributed by atoms with van der Waals surface area (Å²) in [5, 5.41) is 2.56. The Morgan fingerprint density at radius 3 is 2.72 bits per heavy atom. The van der Waals surface area contributed by atoms with E-state index in [-0.39, 0.29) is 0 Å². The molecule has 0 amide bonds. The van der Waals surface area contributed by atoms with Gasteiger partial charge in [-0.15, -0.1) is 0 Å². The molecule has 4 rings (SSSR count). The van der Waals surface area contributed by atoms with Gasteiger partial charge in [-0.25, -0.2) is 4.98 Å². The molecule has 128 valence electrons. The minimum atomic E-state index is 0.736. The molecule has 3 heteroatoms. The quantitative estimate of drug-likeness (QED) is 0.669. The lowest BCUT2D eigenvalue weighted by atomic mass is 9.96. The highest BCUT2D eigenvalue weighted by Gasteiger charge is 2.20. The zero-order valence-electron chi connectivity index (χ0n) is 15.1. The van der Waals surface area contributed by atoms with Gasteiger partial charge in [-0.1, -0.05) is 26.0 Å². The molecule has 0 spiro atoms. The van der Waals surface area contributed by atoms with Crippen molar-refractivity contribution in [1.29, 1.82) is 0 Å². The smallest absolute Gasteiger partial charge is 0.136 e. The SMILES string of the molecule is CCc1ccc2c(-c3ccncc3)cnc(N3CCCC(C)C3)c2c1. The van der Waals surface area contributed by atoms with E-state index < -0.39 is 0 Å². The van der Waals surface area contributed by atoms with Crippen LogP contribution in [0.25, 0.3) is 21.9 Å². The van der Waals surface area contributed by atoms with Gasteiger partial charge in [-0.3, -0.25) is 4.98 Å². The van der Waals surface area contributed by atoms with Gasteiger partial charge in [0.1, 0.15) is 5.82 Å². The number of hydrogen-bond acceptors (Lipinski definition) is 3. The highest BCUT2D eigenvalue weighted by molar-refractivity contribution is 6.02. The van der Waals surface area contributed by atoms with Crippen molar-refractivity contribution < 1.29 is 0 Å². The Labute approximate surface area is 149 Å². The maximum atomic E-state index is 4.92. The van der Waals surface area contributed by atoms with Crippen molar-refractivity contribution in [1.82, 2.24) is 9.97 Å². The number of pyridine rings is 2. The Balaban J connectivity index is 1.89. The summed E-state index contributed by atoms with van der Waals surface area (Å²) in [5.41, 5.74) is 3.73. The lowest BCUT2D eigenvalue weighted by Crippen LogP contribution is -2.34. The van der Waals surface area contributed by atoms with Gasteiger partial charge in [0.25, 0.3) is 0 Å². The normalized spacial score (nSPS) is 17.8. The van der Waals surface area contributed by atoms with Crippen LogP contribution >= 0.6 is 0 Å². The van der Waals surface area contributed by atoms with Gasteiger partial charge in [-0.05, 0) is 59.9 Å². The van der Waals surface area contributed by atoms with E-state index in [0.29, 0.717) is 0 Å². The summed E-state index contributed by atoms with van der Waals surface area (Å²) in [6.07, 6.45) is 9.36. The fourth-order valence-corrected chi connectivity index (χ4v) is 3.89.